The van der Waals surface area contributed by atoms with Gasteiger partial charge in [-0.2, -0.15) is 0 Å². The second kappa shape index (κ2) is 9.61. The highest BCUT2D eigenvalue weighted by Crippen LogP contribution is 2.24. The highest BCUT2D eigenvalue weighted by atomic mass is 32.2. The zero-order valence-corrected chi connectivity index (χ0v) is 18.2. The second-order valence-corrected chi connectivity index (χ2v) is 8.47. The molecule has 0 unspecified atom stereocenters. The summed E-state index contributed by atoms with van der Waals surface area (Å²) in [5.41, 5.74) is 1.21. The van der Waals surface area contributed by atoms with Gasteiger partial charge in [-0.15, -0.1) is 0 Å². The molecule has 0 aliphatic heterocycles. The summed E-state index contributed by atoms with van der Waals surface area (Å²) in [6.07, 6.45) is 4.46. The van der Waals surface area contributed by atoms with Crippen molar-refractivity contribution in [3.05, 3.63) is 82.8 Å². The van der Waals surface area contributed by atoms with Crippen molar-refractivity contribution < 1.29 is 27.4 Å². The van der Waals surface area contributed by atoms with Crippen LogP contribution in [-0.2, 0) is 14.8 Å². The molecule has 3 rings (SSSR count). The molecule has 0 bridgehead atoms. The fourth-order valence-electron chi connectivity index (χ4n) is 2.80. The minimum atomic E-state index is -3.83. The van der Waals surface area contributed by atoms with Crippen LogP contribution in [0.3, 0.4) is 0 Å². The fourth-order valence-corrected chi connectivity index (χ4v) is 3.88. The van der Waals surface area contributed by atoms with E-state index < -0.39 is 27.6 Å². The lowest BCUT2D eigenvalue weighted by Crippen LogP contribution is -2.14. The van der Waals surface area contributed by atoms with E-state index in [0.29, 0.717) is 11.1 Å². The first kappa shape index (κ1) is 23.0. The Hall–Kier alpha value is -3.72. The molecule has 3 aromatic rings. The third-order valence-corrected chi connectivity index (χ3v) is 5.85. The van der Waals surface area contributed by atoms with Gasteiger partial charge in [-0.25, -0.2) is 22.6 Å². The number of carbonyl (C=O) groups is 1. The van der Waals surface area contributed by atoms with Gasteiger partial charge in [-0.3, -0.25) is 4.72 Å². The van der Waals surface area contributed by atoms with Crippen molar-refractivity contribution in [2.45, 2.75) is 18.7 Å². The predicted molar refractivity (Wildman–Crippen MR) is 119 cm³/mol. The van der Waals surface area contributed by atoms with Crippen LogP contribution in [0, 0.1) is 12.7 Å². The molecule has 0 saturated heterocycles. The Balaban J connectivity index is 1.81. The highest BCUT2D eigenvalue weighted by molar-refractivity contribution is 7.92. The normalized spacial score (nSPS) is 11.5. The number of nitrogens with one attached hydrogen (secondary N) is 1. The summed E-state index contributed by atoms with van der Waals surface area (Å²) >= 11 is 0. The molecule has 32 heavy (non-hydrogen) atoms. The molecule has 9 heteroatoms. The number of benzene rings is 2. The van der Waals surface area contributed by atoms with Gasteiger partial charge in [0.1, 0.15) is 22.9 Å². The number of phenols is 1. The Kier molecular flexibility index (Phi) is 6.89. The minimum absolute atomic E-state index is 0.0418. The number of phenolic OH excluding ortho intramolecular Hbond substituents is 1. The number of carbonyl (C=O) groups excluding carboxylic acids is 1. The van der Waals surface area contributed by atoms with Crippen molar-refractivity contribution in [3.8, 4) is 5.75 Å². The molecule has 0 atom stereocenters. The van der Waals surface area contributed by atoms with Crippen LogP contribution in [0.1, 0.15) is 34.0 Å². The number of anilines is 1. The zero-order chi connectivity index (χ0) is 23.3. The van der Waals surface area contributed by atoms with E-state index in [1.54, 1.807) is 44.2 Å². The SMILES string of the molecule is CCOC(=O)c1cc(/C=C/c2ccc(S(=O)(=O)Nc3ncccc3C)cc2)c(F)cc1O. The van der Waals surface area contributed by atoms with Gasteiger partial charge in [-0.1, -0.05) is 30.4 Å². The van der Waals surface area contributed by atoms with Gasteiger partial charge in [0.05, 0.1) is 11.5 Å². The lowest BCUT2D eigenvalue weighted by molar-refractivity contribution is 0.0523. The number of aryl methyl sites for hydroxylation is 1. The van der Waals surface area contributed by atoms with Gasteiger partial charge >= 0.3 is 5.97 Å². The lowest BCUT2D eigenvalue weighted by Gasteiger charge is -2.09. The topological polar surface area (TPSA) is 106 Å². The molecule has 2 aromatic carbocycles. The highest BCUT2D eigenvalue weighted by Gasteiger charge is 2.17. The van der Waals surface area contributed by atoms with E-state index in [1.807, 2.05) is 0 Å². The van der Waals surface area contributed by atoms with Crippen molar-refractivity contribution in [1.29, 1.82) is 0 Å². The number of aromatic hydroxyl groups is 1. The van der Waals surface area contributed by atoms with Crippen LogP contribution < -0.4 is 4.72 Å². The Bertz CT molecular complexity index is 1270. The van der Waals surface area contributed by atoms with Crippen LogP contribution >= 0.6 is 0 Å². The second-order valence-electron chi connectivity index (χ2n) is 6.79. The third kappa shape index (κ3) is 5.30. The number of rotatable bonds is 7. The van der Waals surface area contributed by atoms with Crippen LogP contribution in [0.2, 0.25) is 0 Å². The number of aromatic nitrogens is 1. The average molecular weight is 456 g/mol. The van der Waals surface area contributed by atoms with E-state index in [-0.39, 0.29) is 28.4 Å². The molecule has 166 valence electrons. The number of hydrogen-bond acceptors (Lipinski definition) is 6. The van der Waals surface area contributed by atoms with Gasteiger partial charge < -0.3 is 9.84 Å². The first-order chi connectivity index (χ1) is 15.2. The van der Waals surface area contributed by atoms with Crippen LogP contribution in [0.25, 0.3) is 12.2 Å². The monoisotopic (exact) mass is 456 g/mol. The van der Waals surface area contributed by atoms with E-state index in [2.05, 4.69) is 9.71 Å². The smallest absolute Gasteiger partial charge is 0.341 e. The van der Waals surface area contributed by atoms with Crippen LogP contribution in [0.15, 0.2) is 59.6 Å². The van der Waals surface area contributed by atoms with Gasteiger partial charge in [0, 0.05) is 17.8 Å². The van der Waals surface area contributed by atoms with E-state index in [1.165, 1.54) is 30.5 Å². The number of esters is 1. The van der Waals surface area contributed by atoms with Crippen LogP contribution in [-0.4, -0.2) is 31.1 Å². The zero-order valence-electron chi connectivity index (χ0n) is 17.4. The van der Waals surface area contributed by atoms with Gasteiger partial charge in [-0.05, 0) is 49.2 Å². The number of halogens is 1. The first-order valence-electron chi connectivity index (χ1n) is 9.63. The van der Waals surface area contributed by atoms with Gasteiger partial charge in [0.2, 0.25) is 0 Å². The molecule has 0 amide bonds. The van der Waals surface area contributed by atoms with E-state index in [9.17, 15) is 22.7 Å². The maximum Gasteiger partial charge on any atom is 0.341 e. The standard InChI is InChI=1S/C23H21FN2O5S/c1-3-31-23(28)19-13-17(20(24)14-21(19)27)9-6-16-7-10-18(11-8-16)32(29,30)26-22-15(2)5-4-12-25-22/h4-14,27H,3H2,1-2H3,(H,25,26)/b9-6+. The van der Waals surface area contributed by atoms with Gasteiger partial charge in [0.25, 0.3) is 10.0 Å². The van der Waals surface area contributed by atoms with Crippen LogP contribution in [0.5, 0.6) is 5.75 Å². The van der Waals surface area contributed by atoms with Crippen LogP contribution in [0.4, 0.5) is 10.2 Å². The molecule has 0 saturated carbocycles. The molecule has 2 N–H and O–H groups in total. The van der Waals surface area contributed by atoms with Gasteiger partial charge in [0.15, 0.2) is 0 Å². The van der Waals surface area contributed by atoms with E-state index in [4.69, 9.17) is 4.74 Å². The van der Waals surface area contributed by atoms with Crippen molar-refractivity contribution in [1.82, 2.24) is 4.98 Å². The largest absolute Gasteiger partial charge is 0.507 e. The summed E-state index contributed by atoms with van der Waals surface area (Å²) in [4.78, 5) is 16.0. The summed E-state index contributed by atoms with van der Waals surface area (Å²) in [5, 5.41) is 9.80. The summed E-state index contributed by atoms with van der Waals surface area (Å²) < 4.78 is 46.7. The minimum Gasteiger partial charge on any atom is -0.507 e. The quantitative estimate of drug-likeness (QED) is 0.404. The summed E-state index contributed by atoms with van der Waals surface area (Å²) in [7, 11) is -3.83. The molecule has 1 heterocycles. The Morgan fingerprint density at radius 3 is 2.56 bits per heavy atom. The van der Waals surface area contributed by atoms with E-state index >= 15 is 0 Å². The number of sulfonamides is 1. The summed E-state index contributed by atoms with van der Waals surface area (Å²) in [5.74, 6) is -1.74. The Labute approximate surface area is 185 Å². The lowest BCUT2D eigenvalue weighted by atomic mass is 10.1. The molecule has 7 nitrogen and oxygen atoms in total. The fraction of sp³-hybridized carbons (Fsp3) is 0.130. The molecular weight excluding hydrogens is 435 g/mol. The average Bonchev–Trinajstić information content (AvgIpc) is 2.75. The van der Waals surface area contributed by atoms with Crippen molar-refractivity contribution in [3.63, 3.8) is 0 Å². The molecule has 0 aliphatic rings. The maximum absolute atomic E-state index is 14.2. The summed E-state index contributed by atoms with van der Waals surface area (Å²) in [6.45, 7) is 3.48. The van der Waals surface area contributed by atoms with Crippen molar-refractivity contribution in [2.75, 3.05) is 11.3 Å². The number of nitrogens with zero attached hydrogens (tertiary/aromatic N) is 1. The first-order valence-corrected chi connectivity index (χ1v) is 11.1. The van der Waals surface area contributed by atoms with Crippen molar-refractivity contribution in [2.24, 2.45) is 0 Å². The number of ether oxygens (including phenoxy) is 1. The Morgan fingerprint density at radius 1 is 1.19 bits per heavy atom. The molecule has 0 spiro atoms. The third-order valence-electron chi connectivity index (χ3n) is 4.50. The van der Waals surface area contributed by atoms with Crippen molar-refractivity contribution >= 4 is 34.0 Å². The number of pyridine rings is 1. The Morgan fingerprint density at radius 2 is 1.91 bits per heavy atom. The predicted octanol–water partition coefficient (Wildman–Crippen LogP) is 4.38. The maximum atomic E-state index is 14.2. The van der Waals surface area contributed by atoms with E-state index in [0.717, 1.165) is 6.07 Å². The number of hydrogen-bond donors (Lipinski definition) is 2. The molecular formula is C23H21FN2O5S. The molecule has 1 aromatic heterocycles. The summed E-state index contributed by atoms with van der Waals surface area (Å²) in [6, 6.07) is 11.4. The molecule has 0 fully saturated rings. The molecule has 0 radical (unpaired) electrons. The molecule has 0 aliphatic carbocycles.